The van der Waals surface area contributed by atoms with Crippen LogP contribution in [0.4, 0.5) is 0 Å². The molecule has 0 bridgehead atoms. The molecular formula is C14H19O3+. The van der Waals surface area contributed by atoms with Gasteiger partial charge in [0.2, 0.25) is 0 Å². The minimum atomic E-state index is -0.466. The molecule has 3 heteroatoms. The van der Waals surface area contributed by atoms with E-state index in [2.05, 4.69) is 11.7 Å². The molecule has 0 radical (unpaired) electrons. The Morgan fingerprint density at radius 1 is 1.41 bits per heavy atom. The maximum absolute atomic E-state index is 11.3. The molecule has 92 valence electrons. The summed E-state index contributed by atoms with van der Waals surface area (Å²) in [5.41, 5.74) is 1.19. The van der Waals surface area contributed by atoms with Gasteiger partial charge in [0, 0.05) is 12.8 Å². The van der Waals surface area contributed by atoms with Gasteiger partial charge in [-0.05, 0) is 5.56 Å². The molecule has 0 spiro atoms. The van der Waals surface area contributed by atoms with Crippen molar-refractivity contribution in [1.82, 2.24) is 0 Å². The predicted octanol–water partition coefficient (Wildman–Crippen LogP) is 1.85. The Morgan fingerprint density at radius 2 is 2.06 bits per heavy atom. The summed E-state index contributed by atoms with van der Waals surface area (Å²) in [4.78, 5) is 11.3. The Kier molecular flexibility index (Phi) is 5.57. The molecule has 1 aromatic carbocycles. The van der Waals surface area contributed by atoms with Crippen LogP contribution in [0.5, 0.6) is 0 Å². The van der Waals surface area contributed by atoms with E-state index in [1.54, 1.807) is 0 Å². The van der Waals surface area contributed by atoms with Crippen LogP contribution in [-0.2, 0) is 16.0 Å². The van der Waals surface area contributed by atoms with Crippen molar-refractivity contribution in [3.8, 4) is 0 Å². The van der Waals surface area contributed by atoms with E-state index in [1.807, 2.05) is 30.3 Å². The zero-order valence-corrected chi connectivity index (χ0v) is 10.1. The number of hydrogen-bond donors (Lipinski definition) is 1. The molecule has 0 fully saturated rings. The third-order valence-electron chi connectivity index (χ3n) is 2.74. The molecule has 0 aromatic heterocycles. The number of aliphatic hydroxyl groups is 1. The maximum atomic E-state index is 11.3. The predicted molar refractivity (Wildman–Crippen MR) is 66.2 cm³/mol. The van der Waals surface area contributed by atoms with E-state index in [-0.39, 0.29) is 18.5 Å². The molecule has 0 heterocycles. The summed E-state index contributed by atoms with van der Waals surface area (Å²) in [5, 5.41) is 9.11. The third-order valence-corrected chi connectivity index (χ3v) is 2.74. The first-order valence-electron chi connectivity index (χ1n) is 5.73. The summed E-state index contributed by atoms with van der Waals surface area (Å²) in [7, 11) is 1.33. The minimum Gasteiger partial charge on any atom is -0.469 e. The summed E-state index contributed by atoms with van der Waals surface area (Å²) in [6.45, 7) is 3.83. The second-order valence-electron chi connectivity index (χ2n) is 4.19. The van der Waals surface area contributed by atoms with E-state index < -0.39 is 5.92 Å². The van der Waals surface area contributed by atoms with Crippen molar-refractivity contribution in [3.63, 3.8) is 0 Å². The highest BCUT2D eigenvalue weighted by Gasteiger charge is 2.24. The second kappa shape index (κ2) is 6.97. The highest BCUT2D eigenvalue weighted by molar-refractivity contribution is 5.72. The number of aliphatic hydroxyl groups excluding tert-OH is 1. The number of benzene rings is 1. The van der Waals surface area contributed by atoms with Crippen LogP contribution in [0, 0.1) is 18.8 Å². The van der Waals surface area contributed by atoms with Crippen LogP contribution in [-0.4, -0.2) is 24.8 Å². The quantitative estimate of drug-likeness (QED) is 0.604. The Balaban J connectivity index is 2.48. The zero-order chi connectivity index (χ0) is 12.7. The first-order valence-corrected chi connectivity index (χ1v) is 5.73. The van der Waals surface area contributed by atoms with E-state index >= 15 is 0 Å². The van der Waals surface area contributed by atoms with E-state index in [4.69, 9.17) is 5.11 Å². The van der Waals surface area contributed by atoms with Crippen molar-refractivity contribution in [2.75, 3.05) is 13.7 Å². The van der Waals surface area contributed by atoms with Gasteiger partial charge in [0.05, 0.1) is 26.6 Å². The number of rotatable bonds is 6. The molecule has 0 saturated carbocycles. The summed E-state index contributed by atoms with van der Waals surface area (Å²) in [6, 6.07) is 9.99. The van der Waals surface area contributed by atoms with Gasteiger partial charge in [0.15, 0.2) is 0 Å². The van der Waals surface area contributed by atoms with Crippen LogP contribution in [0.15, 0.2) is 30.3 Å². The second-order valence-corrected chi connectivity index (χ2v) is 4.19. The van der Waals surface area contributed by atoms with Gasteiger partial charge in [0.25, 0.3) is 0 Å². The van der Waals surface area contributed by atoms with E-state index in [0.717, 1.165) is 6.42 Å². The van der Waals surface area contributed by atoms with Crippen LogP contribution in [0.3, 0.4) is 0 Å². The molecule has 17 heavy (non-hydrogen) atoms. The largest absolute Gasteiger partial charge is 0.469 e. The lowest BCUT2D eigenvalue weighted by Gasteiger charge is -2.13. The van der Waals surface area contributed by atoms with E-state index in [1.165, 1.54) is 12.7 Å². The smallest absolute Gasteiger partial charge is 0.311 e. The lowest BCUT2D eigenvalue weighted by Crippen LogP contribution is -2.23. The Bertz CT molecular complexity index is 335. The number of esters is 1. The fourth-order valence-corrected chi connectivity index (χ4v) is 1.85. The van der Waals surface area contributed by atoms with Gasteiger partial charge >= 0.3 is 5.97 Å². The van der Waals surface area contributed by atoms with E-state index in [9.17, 15) is 4.79 Å². The zero-order valence-electron chi connectivity index (χ0n) is 10.1. The first-order chi connectivity index (χ1) is 8.17. The standard InChI is InChI=1S/C14H19O3/c1-11(8-12-6-4-3-5-7-12)9-13(10-15)14(16)17-2/h3-7,11,13,15H,1,8-10H2,2H3/q+1/t11-,13-/m0/s1. The fourth-order valence-electron chi connectivity index (χ4n) is 1.85. The van der Waals surface area contributed by atoms with Gasteiger partial charge in [-0.15, -0.1) is 0 Å². The van der Waals surface area contributed by atoms with Crippen molar-refractivity contribution < 1.29 is 14.6 Å². The molecule has 0 aliphatic carbocycles. The lowest BCUT2D eigenvalue weighted by molar-refractivity contribution is -0.147. The average molecular weight is 235 g/mol. The number of carbonyl (C=O) groups excluding carboxylic acids is 1. The van der Waals surface area contributed by atoms with Crippen molar-refractivity contribution in [2.24, 2.45) is 11.8 Å². The average Bonchev–Trinajstić information content (AvgIpc) is 2.36. The molecule has 3 nitrogen and oxygen atoms in total. The van der Waals surface area contributed by atoms with Crippen LogP contribution in [0.2, 0.25) is 0 Å². The molecule has 1 rings (SSSR count). The van der Waals surface area contributed by atoms with Gasteiger partial charge in [-0.1, -0.05) is 30.3 Å². The SMILES string of the molecule is [CH2+][C@@H](Cc1ccccc1)C[C@@H](CO)C(=O)OC. The number of methoxy groups -OCH3 is 1. The molecule has 1 aromatic rings. The normalized spacial score (nSPS) is 14.0. The monoisotopic (exact) mass is 235 g/mol. The Morgan fingerprint density at radius 3 is 2.59 bits per heavy atom. The van der Waals surface area contributed by atoms with Crippen molar-refractivity contribution >= 4 is 5.97 Å². The molecule has 1 N–H and O–H groups in total. The summed E-state index contributed by atoms with van der Waals surface area (Å²) in [6.07, 6.45) is 1.34. The lowest BCUT2D eigenvalue weighted by atomic mass is 9.91. The Hall–Kier alpha value is -1.48. The van der Waals surface area contributed by atoms with Crippen LogP contribution < -0.4 is 0 Å². The topological polar surface area (TPSA) is 46.5 Å². The van der Waals surface area contributed by atoms with Crippen LogP contribution >= 0.6 is 0 Å². The van der Waals surface area contributed by atoms with Gasteiger partial charge in [-0.25, -0.2) is 0 Å². The first kappa shape index (κ1) is 13.6. The van der Waals surface area contributed by atoms with Crippen molar-refractivity contribution in [3.05, 3.63) is 42.8 Å². The Labute approximate surface area is 102 Å². The molecule has 0 unspecified atom stereocenters. The molecular weight excluding hydrogens is 216 g/mol. The van der Waals surface area contributed by atoms with E-state index in [0.29, 0.717) is 6.42 Å². The highest BCUT2D eigenvalue weighted by Crippen LogP contribution is 2.17. The van der Waals surface area contributed by atoms with Gasteiger partial charge in [-0.3, -0.25) is 4.79 Å². The summed E-state index contributed by atoms with van der Waals surface area (Å²) in [5.74, 6) is -0.742. The molecule has 0 amide bonds. The van der Waals surface area contributed by atoms with Crippen LogP contribution in [0.25, 0.3) is 0 Å². The summed E-state index contributed by atoms with van der Waals surface area (Å²) < 4.78 is 4.63. The minimum absolute atomic E-state index is 0.0913. The van der Waals surface area contributed by atoms with Crippen molar-refractivity contribution in [1.29, 1.82) is 0 Å². The number of carbonyl (C=O) groups is 1. The van der Waals surface area contributed by atoms with Gasteiger partial charge in [0.1, 0.15) is 5.92 Å². The molecule has 0 aliphatic rings. The highest BCUT2D eigenvalue weighted by atomic mass is 16.5. The third kappa shape index (κ3) is 4.49. The van der Waals surface area contributed by atoms with Crippen LogP contribution in [0.1, 0.15) is 12.0 Å². The number of hydrogen-bond acceptors (Lipinski definition) is 3. The summed E-state index contributed by atoms with van der Waals surface area (Å²) >= 11 is 0. The fraction of sp³-hybridized carbons (Fsp3) is 0.429. The van der Waals surface area contributed by atoms with Gasteiger partial charge in [-0.2, -0.15) is 0 Å². The molecule has 0 aliphatic heterocycles. The molecule has 2 atom stereocenters. The van der Waals surface area contributed by atoms with Crippen molar-refractivity contribution in [2.45, 2.75) is 12.8 Å². The molecule has 0 saturated heterocycles. The maximum Gasteiger partial charge on any atom is 0.311 e. The number of ether oxygens (including phenoxy) is 1. The van der Waals surface area contributed by atoms with Gasteiger partial charge < -0.3 is 9.84 Å².